The van der Waals surface area contributed by atoms with Gasteiger partial charge in [0.15, 0.2) is 0 Å². The average molecular weight is 308 g/mol. The number of nitrogens with two attached hydrogens (primary N) is 1. The number of sulfonamides is 1. The van der Waals surface area contributed by atoms with E-state index in [1.165, 1.54) is 0 Å². The van der Waals surface area contributed by atoms with Crippen molar-refractivity contribution in [2.75, 3.05) is 18.0 Å². The SMILES string of the molecule is NS(=O)(=O)C1CCN(c2noc(-c3ccccc3)n2)CC1. The molecule has 0 saturated carbocycles. The van der Waals surface area contributed by atoms with E-state index in [1.807, 2.05) is 35.2 Å². The highest BCUT2D eigenvalue weighted by Crippen LogP contribution is 2.23. The van der Waals surface area contributed by atoms with E-state index in [0.717, 1.165) is 5.56 Å². The number of hydrogen-bond donors (Lipinski definition) is 1. The lowest BCUT2D eigenvalue weighted by Crippen LogP contribution is -2.42. The summed E-state index contributed by atoms with van der Waals surface area (Å²) in [7, 11) is -3.46. The Morgan fingerprint density at radius 2 is 1.86 bits per heavy atom. The molecule has 0 radical (unpaired) electrons. The normalized spacial score (nSPS) is 17.1. The van der Waals surface area contributed by atoms with E-state index in [-0.39, 0.29) is 0 Å². The zero-order valence-electron chi connectivity index (χ0n) is 11.3. The first-order valence-electron chi connectivity index (χ1n) is 6.70. The molecule has 1 aliphatic heterocycles. The molecule has 0 spiro atoms. The Morgan fingerprint density at radius 3 is 2.48 bits per heavy atom. The number of hydrogen-bond acceptors (Lipinski definition) is 6. The summed E-state index contributed by atoms with van der Waals surface area (Å²) in [5.41, 5.74) is 0.857. The molecule has 1 aromatic carbocycles. The first-order chi connectivity index (χ1) is 10.0. The number of primary sulfonamides is 1. The van der Waals surface area contributed by atoms with Gasteiger partial charge in [0.2, 0.25) is 10.0 Å². The summed E-state index contributed by atoms with van der Waals surface area (Å²) in [6, 6.07) is 9.50. The first-order valence-corrected chi connectivity index (χ1v) is 8.30. The van der Waals surface area contributed by atoms with Gasteiger partial charge in [-0.1, -0.05) is 18.2 Å². The van der Waals surface area contributed by atoms with Crippen molar-refractivity contribution < 1.29 is 12.9 Å². The van der Waals surface area contributed by atoms with Gasteiger partial charge in [0, 0.05) is 18.7 Å². The Hall–Kier alpha value is -1.93. The largest absolute Gasteiger partial charge is 0.338 e. The Labute approximate surface area is 122 Å². The summed E-state index contributed by atoms with van der Waals surface area (Å²) in [6.45, 7) is 1.10. The topological polar surface area (TPSA) is 102 Å². The monoisotopic (exact) mass is 308 g/mol. The number of anilines is 1. The predicted octanol–water partition coefficient (Wildman–Crippen LogP) is 0.994. The summed E-state index contributed by atoms with van der Waals surface area (Å²) in [5, 5.41) is 8.66. The van der Waals surface area contributed by atoms with E-state index in [2.05, 4.69) is 10.1 Å². The summed E-state index contributed by atoms with van der Waals surface area (Å²) >= 11 is 0. The van der Waals surface area contributed by atoms with Gasteiger partial charge in [-0.25, -0.2) is 13.6 Å². The molecule has 0 bridgehead atoms. The third-order valence-electron chi connectivity index (χ3n) is 3.63. The van der Waals surface area contributed by atoms with Crippen molar-refractivity contribution in [2.24, 2.45) is 5.14 Å². The summed E-state index contributed by atoms with van der Waals surface area (Å²) in [5.74, 6) is 0.945. The number of nitrogens with zero attached hydrogens (tertiary/aromatic N) is 3. The van der Waals surface area contributed by atoms with Gasteiger partial charge in [-0.15, -0.1) is 0 Å². The van der Waals surface area contributed by atoms with Crippen molar-refractivity contribution in [1.29, 1.82) is 0 Å². The third-order valence-corrected chi connectivity index (χ3v) is 5.03. The molecule has 0 amide bonds. The molecule has 3 rings (SSSR count). The van der Waals surface area contributed by atoms with Crippen LogP contribution in [0.5, 0.6) is 0 Å². The van der Waals surface area contributed by atoms with Gasteiger partial charge in [-0.05, 0) is 30.1 Å². The van der Waals surface area contributed by atoms with E-state index in [9.17, 15) is 8.42 Å². The number of piperidine rings is 1. The van der Waals surface area contributed by atoms with E-state index in [1.54, 1.807) is 0 Å². The van der Waals surface area contributed by atoms with Gasteiger partial charge in [0.1, 0.15) is 0 Å². The van der Waals surface area contributed by atoms with Crippen LogP contribution >= 0.6 is 0 Å². The van der Waals surface area contributed by atoms with Crippen molar-refractivity contribution in [3.05, 3.63) is 30.3 Å². The lowest BCUT2D eigenvalue weighted by Gasteiger charge is -2.29. The van der Waals surface area contributed by atoms with Crippen molar-refractivity contribution >= 4 is 16.0 Å². The second-order valence-corrected chi connectivity index (χ2v) is 6.89. The molecule has 1 saturated heterocycles. The molecule has 2 heterocycles. The van der Waals surface area contributed by atoms with Crippen LogP contribution in [0.4, 0.5) is 5.95 Å². The van der Waals surface area contributed by atoms with Gasteiger partial charge in [0.05, 0.1) is 5.25 Å². The van der Waals surface area contributed by atoms with E-state index >= 15 is 0 Å². The maximum Gasteiger partial charge on any atom is 0.266 e. The molecule has 0 aliphatic carbocycles. The van der Waals surface area contributed by atoms with Gasteiger partial charge >= 0.3 is 0 Å². The van der Waals surface area contributed by atoms with Crippen LogP contribution in [-0.4, -0.2) is 36.9 Å². The van der Waals surface area contributed by atoms with Crippen LogP contribution in [-0.2, 0) is 10.0 Å². The molecule has 21 heavy (non-hydrogen) atoms. The minimum absolute atomic E-state index is 0.458. The van der Waals surface area contributed by atoms with Crippen LogP contribution in [0.15, 0.2) is 34.9 Å². The molecule has 2 N–H and O–H groups in total. The predicted molar refractivity (Wildman–Crippen MR) is 78.1 cm³/mol. The molecule has 7 nitrogen and oxygen atoms in total. The quantitative estimate of drug-likeness (QED) is 0.907. The molecule has 1 aromatic heterocycles. The molecular weight excluding hydrogens is 292 g/mol. The zero-order valence-corrected chi connectivity index (χ0v) is 12.2. The van der Waals surface area contributed by atoms with Crippen LogP contribution in [0.1, 0.15) is 12.8 Å². The number of benzene rings is 1. The minimum Gasteiger partial charge on any atom is -0.338 e. The Morgan fingerprint density at radius 1 is 1.19 bits per heavy atom. The summed E-state index contributed by atoms with van der Waals surface area (Å²) < 4.78 is 27.9. The molecular formula is C13H16N4O3S. The van der Waals surface area contributed by atoms with Crippen LogP contribution in [0.2, 0.25) is 0 Å². The average Bonchev–Trinajstić information content (AvgIpc) is 2.97. The molecule has 0 unspecified atom stereocenters. The summed E-state index contributed by atoms with van der Waals surface area (Å²) in [4.78, 5) is 6.27. The smallest absolute Gasteiger partial charge is 0.266 e. The standard InChI is InChI=1S/C13H16N4O3S/c14-21(18,19)11-6-8-17(9-7-11)13-15-12(20-16-13)10-4-2-1-3-5-10/h1-5,11H,6-9H2,(H2,14,18,19). The summed E-state index contributed by atoms with van der Waals surface area (Å²) in [6.07, 6.45) is 0.960. The molecule has 0 atom stereocenters. The molecule has 2 aromatic rings. The Balaban J connectivity index is 1.71. The maximum atomic E-state index is 11.3. The van der Waals surface area contributed by atoms with Gasteiger partial charge in [-0.2, -0.15) is 4.98 Å². The van der Waals surface area contributed by atoms with Crippen molar-refractivity contribution in [3.63, 3.8) is 0 Å². The second-order valence-electron chi connectivity index (χ2n) is 5.04. The van der Waals surface area contributed by atoms with E-state index in [4.69, 9.17) is 9.66 Å². The Kier molecular flexibility index (Phi) is 3.64. The first kappa shape index (κ1) is 14.0. The molecule has 1 fully saturated rings. The number of rotatable bonds is 3. The highest BCUT2D eigenvalue weighted by atomic mass is 32.2. The van der Waals surface area contributed by atoms with E-state index in [0.29, 0.717) is 37.8 Å². The van der Waals surface area contributed by atoms with Gasteiger partial charge < -0.3 is 9.42 Å². The third kappa shape index (κ3) is 3.06. The fraction of sp³-hybridized carbons (Fsp3) is 0.385. The van der Waals surface area contributed by atoms with Crippen LogP contribution in [0.25, 0.3) is 11.5 Å². The highest BCUT2D eigenvalue weighted by Gasteiger charge is 2.29. The Bertz CT molecular complexity index is 706. The minimum atomic E-state index is -3.46. The molecule has 1 aliphatic rings. The fourth-order valence-electron chi connectivity index (χ4n) is 2.43. The number of aromatic nitrogens is 2. The van der Waals surface area contributed by atoms with Gasteiger partial charge in [0.25, 0.3) is 11.8 Å². The van der Waals surface area contributed by atoms with Crippen LogP contribution in [0, 0.1) is 0 Å². The lowest BCUT2D eigenvalue weighted by atomic mass is 10.1. The van der Waals surface area contributed by atoms with Crippen molar-refractivity contribution in [1.82, 2.24) is 10.1 Å². The van der Waals surface area contributed by atoms with Crippen LogP contribution in [0.3, 0.4) is 0 Å². The molecule has 8 heteroatoms. The highest BCUT2D eigenvalue weighted by molar-refractivity contribution is 7.89. The molecule has 112 valence electrons. The van der Waals surface area contributed by atoms with E-state index < -0.39 is 15.3 Å². The maximum absolute atomic E-state index is 11.3. The zero-order chi connectivity index (χ0) is 14.9. The van der Waals surface area contributed by atoms with Crippen molar-refractivity contribution in [3.8, 4) is 11.5 Å². The van der Waals surface area contributed by atoms with Crippen LogP contribution < -0.4 is 10.0 Å². The fourth-order valence-corrected chi connectivity index (χ4v) is 3.29. The second kappa shape index (κ2) is 5.45. The lowest BCUT2D eigenvalue weighted by molar-refractivity contribution is 0.426. The van der Waals surface area contributed by atoms with Gasteiger partial charge in [-0.3, -0.25) is 0 Å². The van der Waals surface area contributed by atoms with Crippen molar-refractivity contribution in [2.45, 2.75) is 18.1 Å².